The molecule has 0 bridgehead atoms. The molecule has 0 unspecified atom stereocenters. The lowest BCUT2D eigenvalue weighted by atomic mass is 10.1. The Hall–Kier alpha value is -3.41. The number of carbonyl (C=O) groups excluding carboxylic acids is 2. The van der Waals surface area contributed by atoms with Crippen molar-refractivity contribution in [2.24, 2.45) is 0 Å². The molecule has 3 aromatic rings. The summed E-state index contributed by atoms with van der Waals surface area (Å²) in [7, 11) is 0. The number of benzene rings is 2. The summed E-state index contributed by atoms with van der Waals surface area (Å²) >= 11 is 0. The van der Waals surface area contributed by atoms with Gasteiger partial charge in [0.25, 0.3) is 0 Å². The maximum atomic E-state index is 12.4. The Bertz CT molecular complexity index is 998. The van der Waals surface area contributed by atoms with E-state index in [2.05, 4.69) is 10.3 Å². The summed E-state index contributed by atoms with van der Waals surface area (Å²) in [6.45, 7) is 3.91. The lowest BCUT2D eigenvalue weighted by Gasteiger charge is -2.15. The predicted molar refractivity (Wildman–Crippen MR) is 96.5 cm³/mol. The lowest BCUT2D eigenvalue weighted by molar-refractivity contribution is -0.255. The van der Waals surface area contributed by atoms with Crippen LogP contribution >= 0.6 is 0 Å². The van der Waals surface area contributed by atoms with E-state index in [4.69, 9.17) is 4.74 Å². The van der Waals surface area contributed by atoms with Crippen LogP contribution in [0.2, 0.25) is 0 Å². The smallest absolute Gasteiger partial charge is 0.341 e. The molecule has 1 heterocycles. The third kappa shape index (κ3) is 3.49. The fourth-order valence-corrected chi connectivity index (χ4v) is 2.67. The molecule has 0 aliphatic rings. The van der Waals surface area contributed by atoms with Crippen molar-refractivity contribution >= 4 is 34.2 Å². The molecule has 0 atom stereocenters. The van der Waals surface area contributed by atoms with Gasteiger partial charge >= 0.3 is 5.97 Å². The fraction of sp³-hybridized carbons (Fsp3) is 0.150. The number of pyridine rings is 1. The quantitative estimate of drug-likeness (QED) is 0.712. The van der Waals surface area contributed by atoms with Gasteiger partial charge in [-0.2, -0.15) is 0 Å². The minimum atomic E-state index is -1.27. The maximum Gasteiger partial charge on any atom is 0.341 e. The molecule has 0 amide bonds. The highest BCUT2D eigenvalue weighted by Gasteiger charge is 2.17. The van der Waals surface area contributed by atoms with Crippen LogP contribution in [0, 0.1) is 6.92 Å². The molecule has 0 aliphatic carbocycles. The molecule has 1 aromatic heterocycles. The van der Waals surface area contributed by atoms with Crippen LogP contribution in [0.25, 0.3) is 10.9 Å². The van der Waals surface area contributed by atoms with Crippen molar-refractivity contribution in [1.82, 2.24) is 4.98 Å². The lowest BCUT2D eigenvalue weighted by Crippen LogP contribution is -2.22. The Labute approximate surface area is 150 Å². The highest BCUT2D eigenvalue weighted by atomic mass is 16.5. The van der Waals surface area contributed by atoms with Crippen molar-refractivity contribution < 1.29 is 19.4 Å². The molecule has 3 rings (SSSR count). The summed E-state index contributed by atoms with van der Waals surface area (Å²) in [6, 6.07) is 11.9. The zero-order chi connectivity index (χ0) is 18.7. The molecule has 6 heteroatoms. The van der Waals surface area contributed by atoms with Gasteiger partial charge in [-0.3, -0.25) is 4.98 Å². The second-order valence-corrected chi connectivity index (χ2v) is 5.78. The van der Waals surface area contributed by atoms with Crippen LogP contribution in [-0.2, 0) is 4.74 Å². The second-order valence-electron chi connectivity index (χ2n) is 5.78. The van der Waals surface area contributed by atoms with Crippen molar-refractivity contribution in [3.63, 3.8) is 0 Å². The van der Waals surface area contributed by atoms with E-state index in [-0.39, 0.29) is 17.7 Å². The molecule has 0 saturated heterocycles. The van der Waals surface area contributed by atoms with Crippen molar-refractivity contribution in [3.05, 3.63) is 65.4 Å². The van der Waals surface area contributed by atoms with Crippen LogP contribution in [0.5, 0.6) is 0 Å². The number of anilines is 2. The Kier molecular flexibility index (Phi) is 4.84. The number of carboxylic acid groups (broad SMARTS) is 1. The number of aryl methyl sites for hydroxylation is 1. The first-order chi connectivity index (χ1) is 12.5. The molecular formula is C20H17N2O4-. The van der Waals surface area contributed by atoms with Gasteiger partial charge in [-0.05, 0) is 43.7 Å². The summed E-state index contributed by atoms with van der Waals surface area (Å²) in [5.41, 5.74) is 3.08. The van der Waals surface area contributed by atoms with Gasteiger partial charge in [0.2, 0.25) is 0 Å². The van der Waals surface area contributed by atoms with Crippen LogP contribution in [0.1, 0.15) is 33.2 Å². The SMILES string of the molecule is CCOC(=O)c1cnc2ccc(C)cc2c1Nc1cccc(C(=O)[O-])c1. The minimum absolute atomic E-state index is 0.0437. The molecule has 1 N–H and O–H groups in total. The number of aromatic carboxylic acids is 1. The van der Waals surface area contributed by atoms with Gasteiger partial charge in [-0.1, -0.05) is 23.8 Å². The summed E-state index contributed by atoms with van der Waals surface area (Å²) in [5.74, 6) is -1.77. The zero-order valence-electron chi connectivity index (χ0n) is 14.4. The van der Waals surface area contributed by atoms with Crippen molar-refractivity contribution in [2.75, 3.05) is 11.9 Å². The second kappa shape index (κ2) is 7.23. The zero-order valence-corrected chi connectivity index (χ0v) is 14.4. The van der Waals surface area contributed by atoms with Crippen LogP contribution < -0.4 is 10.4 Å². The first-order valence-electron chi connectivity index (χ1n) is 8.14. The molecule has 132 valence electrons. The largest absolute Gasteiger partial charge is 0.545 e. The Morgan fingerprint density at radius 2 is 2.00 bits per heavy atom. The summed E-state index contributed by atoms with van der Waals surface area (Å²) < 4.78 is 5.12. The van der Waals surface area contributed by atoms with E-state index in [1.54, 1.807) is 19.1 Å². The number of carboxylic acids is 1. The molecule has 6 nitrogen and oxygen atoms in total. The molecule has 0 radical (unpaired) electrons. The van der Waals surface area contributed by atoms with E-state index >= 15 is 0 Å². The van der Waals surface area contributed by atoms with Gasteiger partial charge in [0.05, 0.1) is 23.8 Å². The van der Waals surface area contributed by atoms with Gasteiger partial charge in [-0.15, -0.1) is 0 Å². The van der Waals surface area contributed by atoms with Gasteiger partial charge in [0, 0.05) is 17.3 Å². The maximum absolute atomic E-state index is 12.4. The average molecular weight is 349 g/mol. The molecule has 0 saturated carbocycles. The number of nitrogens with one attached hydrogen (secondary N) is 1. The average Bonchev–Trinajstić information content (AvgIpc) is 2.62. The third-order valence-corrected chi connectivity index (χ3v) is 3.89. The summed E-state index contributed by atoms with van der Waals surface area (Å²) in [5, 5.41) is 15.0. The normalized spacial score (nSPS) is 10.5. The van der Waals surface area contributed by atoms with Crippen LogP contribution in [0.3, 0.4) is 0 Å². The number of carbonyl (C=O) groups is 2. The Balaban J connectivity index is 2.16. The number of hydrogen-bond acceptors (Lipinski definition) is 6. The van der Waals surface area contributed by atoms with E-state index in [1.165, 1.54) is 18.3 Å². The van der Waals surface area contributed by atoms with Gasteiger partial charge in [0.1, 0.15) is 5.56 Å². The van der Waals surface area contributed by atoms with Crippen molar-refractivity contribution in [2.45, 2.75) is 13.8 Å². The first kappa shape index (κ1) is 17.4. The third-order valence-electron chi connectivity index (χ3n) is 3.89. The predicted octanol–water partition coefficient (Wildman–Crippen LogP) is 2.83. The molecule has 2 aromatic carbocycles. The van der Waals surface area contributed by atoms with Crippen LogP contribution in [-0.4, -0.2) is 23.5 Å². The number of rotatable bonds is 5. The van der Waals surface area contributed by atoms with Crippen LogP contribution in [0.4, 0.5) is 11.4 Å². The van der Waals surface area contributed by atoms with Crippen molar-refractivity contribution in [1.29, 1.82) is 0 Å². The summed E-state index contributed by atoms with van der Waals surface area (Å²) in [6.07, 6.45) is 1.46. The summed E-state index contributed by atoms with van der Waals surface area (Å²) in [4.78, 5) is 27.8. The van der Waals surface area contributed by atoms with E-state index in [0.29, 0.717) is 16.9 Å². The van der Waals surface area contributed by atoms with Gasteiger partial charge in [-0.25, -0.2) is 4.79 Å². The van der Waals surface area contributed by atoms with Crippen molar-refractivity contribution in [3.8, 4) is 0 Å². The Morgan fingerprint density at radius 1 is 1.19 bits per heavy atom. The molecule has 0 spiro atoms. The minimum Gasteiger partial charge on any atom is -0.545 e. The van der Waals surface area contributed by atoms with Crippen LogP contribution in [0.15, 0.2) is 48.7 Å². The number of fused-ring (bicyclic) bond motifs is 1. The van der Waals surface area contributed by atoms with Gasteiger partial charge < -0.3 is 20.0 Å². The number of ether oxygens (including phenoxy) is 1. The van der Waals surface area contributed by atoms with E-state index in [9.17, 15) is 14.7 Å². The number of nitrogens with zero attached hydrogens (tertiary/aromatic N) is 1. The van der Waals surface area contributed by atoms with E-state index in [1.807, 2.05) is 25.1 Å². The molecule has 26 heavy (non-hydrogen) atoms. The van der Waals surface area contributed by atoms with E-state index < -0.39 is 11.9 Å². The monoisotopic (exact) mass is 349 g/mol. The highest BCUT2D eigenvalue weighted by Crippen LogP contribution is 2.30. The molecule has 0 fully saturated rings. The highest BCUT2D eigenvalue weighted by molar-refractivity contribution is 6.06. The number of aromatic nitrogens is 1. The standard InChI is InChI=1S/C20H18N2O4/c1-3-26-20(25)16-11-21-17-8-7-12(2)9-15(17)18(16)22-14-6-4-5-13(10-14)19(23)24/h4-11H,3H2,1-2H3,(H,21,22)(H,23,24)/p-1. The van der Waals surface area contributed by atoms with Gasteiger partial charge in [0.15, 0.2) is 0 Å². The Morgan fingerprint density at radius 3 is 2.73 bits per heavy atom. The molecular weight excluding hydrogens is 332 g/mol. The topological polar surface area (TPSA) is 91.3 Å². The van der Waals surface area contributed by atoms with E-state index in [0.717, 1.165) is 10.9 Å². The number of hydrogen-bond donors (Lipinski definition) is 1. The molecule has 0 aliphatic heterocycles. The first-order valence-corrected chi connectivity index (χ1v) is 8.14. The fourth-order valence-electron chi connectivity index (χ4n) is 2.67. The number of esters is 1.